The van der Waals surface area contributed by atoms with Crippen LogP contribution in [0.4, 0.5) is 4.79 Å². The quantitative estimate of drug-likeness (QED) is 0.618. The van der Waals surface area contributed by atoms with Gasteiger partial charge in [0, 0.05) is 19.1 Å². The summed E-state index contributed by atoms with van der Waals surface area (Å²) in [4.78, 5) is 24.5. The van der Waals surface area contributed by atoms with Gasteiger partial charge in [-0.25, -0.2) is 9.59 Å². The van der Waals surface area contributed by atoms with E-state index < -0.39 is 12.0 Å². The predicted octanol–water partition coefficient (Wildman–Crippen LogP) is 0.633. The summed E-state index contributed by atoms with van der Waals surface area (Å²) in [7, 11) is 0. The molecule has 0 aromatic carbocycles. The van der Waals surface area contributed by atoms with Gasteiger partial charge in [-0.3, -0.25) is 0 Å². The molecule has 1 aliphatic carbocycles. The normalized spacial score (nSPS) is 26.5. The van der Waals surface area contributed by atoms with Crippen molar-refractivity contribution in [3.8, 4) is 0 Å². The van der Waals surface area contributed by atoms with E-state index in [0.29, 0.717) is 19.1 Å². The first-order chi connectivity index (χ1) is 9.09. The number of likely N-dealkylation sites (tertiary alicyclic amines) is 1. The van der Waals surface area contributed by atoms with Gasteiger partial charge in [0.25, 0.3) is 0 Å². The molecular weight excluding hydrogens is 246 g/mol. The number of carboxylic acid groups (broad SMARTS) is 1. The van der Waals surface area contributed by atoms with E-state index in [0.717, 1.165) is 19.4 Å². The fraction of sp³-hybridized carbons (Fsp3) is 0.846. The molecule has 6 nitrogen and oxygen atoms in total. The van der Waals surface area contributed by atoms with Gasteiger partial charge in [-0.1, -0.05) is 6.92 Å². The molecule has 0 bridgehead atoms. The number of rotatable bonds is 6. The van der Waals surface area contributed by atoms with Gasteiger partial charge in [0.1, 0.15) is 6.04 Å². The van der Waals surface area contributed by atoms with Gasteiger partial charge in [0.2, 0.25) is 0 Å². The zero-order valence-corrected chi connectivity index (χ0v) is 11.4. The molecule has 1 heterocycles. The Kier molecular flexibility index (Phi) is 4.63. The topological polar surface area (TPSA) is 81.7 Å². The predicted molar refractivity (Wildman–Crippen MR) is 71.0 cm³/mol. The van der Waals surface area contributed by atoms with Crippen LogP contribution in [-0.4, -0.2) is 53.7 Å². The van der Waals surface area contributed by atoms with Crippen molar-refractivity contribution in [3.63, 3.8) is 0 Å². The minimum Gasteiger partial charge on any atom is -0.480 e. The van der Waals surface area contributed by atoms with Crippen molar-refractivity contribution < 1.29 is 14.7 Å². The summed E-state index contributed by atoms with van der Waals surface area (Å²) in [5, 5.41) is 15.3. The van der Waals surface area contributed by atoms with E-state index in [9.17, 15) is 9.59 Å². The minimum absolute atomic E-state index is 0.0276. The number of aliphatic carboxylic acids is 1. The molecule has 0 radical (unpaired) electrons. The third-order valence-corrected chi connectivity index (χ3v) is 3.85. The van der Waals surface area contributed by atoms with E-state index in [1.807, 2.05) is 6.92 Å². The minimum atomic E-state index is -0.907. The molecule has 1 saturated carbocycles. The molecule has 1 saturated heterocycles. The van der Waals surface area contributed by atoms with Gasteiger partial charge < -0.3 is 20.6 Å². The lowest BCUT2D eigenvalue weighted by Gasteiger charge is -2.23. The second-order valence-corrected chi connectivity index (χ2v) is 5.56. The van der Waals surface area contributed by atoms with Crippen LogP contribution in [0.3, 0.4) is 0 Å². The molecule has 2 unspecified atom stereocenters. The van der Waals surface area contributed by atoms with Crippen LogP contribution in [0.5, 0.6) is 0 Å². The number of hydrogen-bond donors (Lipinski definition) is 3. The standard InChI is InChI=1S/C13H23N3O3/c1-9-5-8-16(11(9)12(17)18)13(19)15-7-2-6-14-10-3-4-10/h9-11,14H,2-8H2,1H3,(H,15,19)(H,17,18). The monoisotopic (exact) mass is 269 g/mol. The molecule has 6 heteroatoms. The fourth-order valence-electron chi connectivity index (χ4n) is 2.53. The number of hydrogen-bond acceptors (Lipinski definition) is 3. The Labute approximate surface area is 113 Å². The molecule has 2 aliphatic rings. The van der Waals surface area contributed by atoms with Crippen LogP contribution in [0.2, 0.25) is 0 Å². The zero-order valence-electron chi connectivity index (χ0n) is 11.4. The van der Waals surface area contributed by atoms with Crippen molar-refractivity contribution >= 4 is 12.0 Å². The highest BCUT2D eigenvalue weighted by Crippen LogP contribution is 2.24. The molecule has 0 aromatic heterocycles. The molecule has 0 aromatic rings. The van der Waals surface area contributed by atoms with Crippen LogP contribution in [0.1, 0.15) is 32.6 Å². The molecule has 2 amide bonds. The smallest absolute Gasteiger partial charge is 0.326 e. The van der Waals surface area contributed by atoms with Crippen molar-refractivity contribution in [2.45, 2.75) is 44.7 Å². The number of carbonyl (C=O) groups excluding carboxylic acids is 1. The summed E-state index contributed by atoms with van der Waals surface area (Å²) in [6, 6.07) is -0.237. The first-order valence-corrected chi connectivity index (χ1v) is 7.10. The average molecular weight is 269 g/mol. The van der Waals surface area contributed by atoms with Gasteiger partial charge in [0.15, 0.2) is 0 Å². The fourth-order valence-corrected chi connectivity index (χ4v) is 2.53. The Hall–Kier alpha value is -1.30. The van der Waals surface area contributed by atoms with Gasteiger partial charge >= 0.3 is 12.0 Å². The maximum Gasteiger partial charge on any atom is 0.326 e. The second kappa shape index (κ2) is 6.23. The summed E-state index contributed by atoms with van der Waals surface area (Å²) < 4.78 is 0. The maximum atomic E-state index is 11.9. The molecule has 3 N–H and O–H groups in total. The van der Waals surface area contributed by atoms with Gasteiger partial charge in [-0.05, 0) is 38.1 Å². The van der Waals surface area contributed by atoms with Crippen molar-refractivity contribution in [3.05, 3.63) is 0 Å². The summed E-state index contributed by atoms with van der Waals surface area (Å²) >= 11 is 0. The highest BCUT2D eigenvalue weighted by atomic mass is 16.4. The number of urea groups is 1. The van der Waals surface area contributed by atoms with Crippen LogP contribution in [0.25, 0.3) is 0 Å². The first kappa shape index (κ1) is 14.1. The molecule has 0 spiro atoms. The number of nitrogens with zero attached hydrogens (tertiary/aromatic N) is 1. The lowest BCUT2D eigenvalue weighted by molar-refractivity contribution is -0.142. The van der Waals surface area contributed by atoms with Crippen LogP contribution in [0.15, 0.2) is 0 Å². The largest absolute Gasteiger partial charge is 0.480 e. The van der Waals surface area contributed by atoms with Crippen molar-refractivity contribution in [2.75, 3.05) is 19.6 Å². The third kappa shape index (κ3) is 3.83. The van der Waals surface area contributed by atoms with Gasteiger partial charge in [-0.15, -0.1) is 0 Å². The van der Waals surface area contributed by atoms with E-state index in [1.165, 1.54) is 17.7 Å². The lowest BCUT2D eigenvalue weighted by Crippen LogP contribution is -2.47. The van der Waals surface area contributed by atoms with E-state index in [1.54, 1.807) is 0 Å². The van der Waals surface area contributed by atoms with E-state index in [2.05, 4.69) is 10.6 Å². The summed E-state index contributed by atoms with van der Waals surface area (Å²) in [5.41, 5.74) is 0. The Balaban J connectivity index is 1.67. The average Bonchev–Trinajstić information content (AvgIpc) is 3.09. The number of nitrogens with one attached hydrogen (secondary N) is 2. The third-order valence-electron chi connectivity index (χ3n) is 3.85. The van der Waals surface area contributed by atoms with E-state index in [4.69, 9.17) is 5.11 Å². The van der Waals surface area contributed by atoms with Crippen molar-refractivity contribution in [1.29, 1.82) is 0 Å². The van der Waals surface area contributed by atoms with Crippen LogP contribution in [-0.2, 0) is 4.79 Å². The molecule has 2 atom stereocenters. The van der Waals surface area contributed by atoms with Crippen molar-refractivity contribution in [1.82, 2.24) is 15.5 Å². The SMILES string of the molecule is CC1CCN(C(=O)NCCCNC2CC2)C1C(=O)O. The number of carbonyl (C=O) groups is 2. The molecule has 1 aliphatic heterocycles. The van der Waals surface area contributed by atoms with Gasteiger partial charge in [0.05, 0.1) is 0 Å². The molecule has 2 rings (SSSR count). The number of amides is 2. The highest BCUT2D eigenvalue weighted by molar-refractivity contribution is 5.83. The van der Waals surface area contributed by atoms with Crippen molar-refractivity contribution in [2.24, 2.45) is 5.92 Å². The van der Waals surface area contributed by atoms with Gasteiger partial charge in [-0.2, -0.15) is 0 Å². The zero-order chi connectivity index (χ0) is 13.8. The highest BCUT2D eigenvalue weighted by Gasteiger charge is 2.39. The molecule has 2 fully saturated rings. The second-order valence-electron chi connectivity index (χ2n) is 5.56. The Morgan fingerprint density at radius 1 is 1.26 bits per heavy atom. The van der Waals surface area contributed by atoms with Crippen LogP contribution in [0, 0.1) is 5.92 Å². The Bertz CT molecular complexity index is 344. The molecule has 108 valence electrons. The van der Waals surface area contributed by atoms with E-state index >= 15 is 0 Å². The Morgan fingerprint density at radius 3 is 2.63 bits per heavy atom. The Morgan fingerprint density at radius 2 is 2.00 bits per heavy atom. The first-order valence-electron chi connectivity index (χ1n) is 7.10. The maximum absolute atomic E-state index is 11.9. The van der Waals surface area contributed by atoms with Crippen LogP contribution < -0.4 is 10.6 Å². The number of carboxylic acids is 1. The molecule has 19 heavy (non-hydrogen) atoms. The summed E-state index contributed by atoms with van der Waals surface area (Å²) in [6.07, 6.45) is 4.16. The lowest BCUT2D eigenvalue weighted by atomic mass is 10.0. The summed E-state index contributed by atoms with van der Waals surface area (Å²) in [6.45, 7) is 3.91. The molecular formula is C13H23N3O3. The summed E-state index contributed by atoms with van der Waals surface area (Å²) in [5.74, 6) is -0.879. The van der Waals surface area contributed by atoms with Crippen LogP contribution >= 0.6 is 0 Å². The van der Waals surface area contributed by atoms with E-state index in [-0.39, 0.29) is 11.9 Å².